The van der Waals surface area contributed by atoms with Gasteiger partial charge in [0.05, 0.1) is 17.8 Å². The van der Waals surface area contributed by atoms with Gasteiger partial charge in [-0.25, -0.2) is 0 Å². The van der Waals surface area contributed by atoms with Crippen molar-refractivity contribution < 1.29 is 5.11 Å². The van der Waals surface area contributed by atoms with Crippen molar-refractivity contribution in [3.8, 4) is 0 Å². The second kappa shape index (κ2) is 6.86. The average Bonchev–Trinajstić information content (AvgIpc) is 2.88. The molecular weight excluding hydrogens is 250 g/mol. The number of aryl methyl sites for hydroxylation is 1. The zero-order chi connectivity index (χ0) is 14.5. The molecule has 2 rings (SSSR count). The minimum Gasteiger partial charge on any atom is -0.388 e. The van der Waals surface area contributed by atoms with Gasteiger partial charge in [0.2, 0.25) is 0 Å². The van der Waals surface area contributed by atoms with Crippen molar-refractivity contribution in [2.45, 2.75) is 39.2 Å². The van der Waals surface area contributed by atoms with E-state index in [1.54, 1.807) is 6.20 Å². The number of hydrogen-bond acceptors (Lipinski definition) is 3. The van der Waals surface area contributed by atoms with Crippen LogP contribution in [-0.2, 0) is 0 Å². The lowest BCUT2D eigenvalue weighted by Gasteiger charge is -2.19. The minimum absolute atomic E-state index is 0.404. The molecule has 1 atom stereocenters. The third-order valence-corrected chi connectivity index (χ3v) is 3.86. The molecular formula is C16H25N3O. The number of aromatic amines is 1. The van der Waals surface area contributed by atoms with Gasteiger partial charge in [-0.2, -0.15) is 5.10 Å². The molecule has 4 nitrogen and oxygen atoms in total. The van der Waals surface area contributed by atoms with Gasteiger partial charge in [-0.05, 0) is 56.6 Å². The smallest absolute Gasteiger partial charge is 0.0805 e. The number of aromatic nitrogens is 2. The van der Waals surface area contributed by atoms with Crippen molar-refractivity contribution >= 4 is 10.9 Å². The average molecular weight is 275 g/mol. The molecule has 0 amide bonds. The number of aliphatic hydroxyl groups excluding tert-OH is 1. The first-order chi connectivity index (χ1) is 9.61. The van der Waals surface area contributed by atoms with Gasteiger partial charge in [-0.15, -0.1) is 0 Å². The summed E-state index contributed by atoms with van der Waals surface area (Å²) in [6.45, 7) is 6.26. The molecule has 0 aliphatic carbocycles. The monoisotopic (exact) mass is 275 g/mol. The summed E-state index contributed by atoms with van der Waals surface area (Å²) < 4.78 is 0. The summed E-state index contributed by atoms with van der Waals surface area (Å²) in [5.41, 5.74) is 3.16. The molecule has 0 aliphatic heterocycles. The van der Waals surface area contributed by atoms with E-state index in [4.69, 9.17) is 0 Å². The quantitative estimate of drug-likeness (QED) is 0.816. The number of nitrogens with one attached hydrogen (secondary N) is 1. The molecule has 0 radical (unpaired) electrons. The molecule has 2 N–H and O–H groups in total. The normalized spacial score (nSPS) is 13.2. The second-order valence-corrected chi connectivity index (χ2v) is 5.63. The first-order valence-corrected chi connectivity index (χ1v) is 7.42. The Kier molecular flexibility index (Phi) is 5.15. The zero-order valence-corrected chi connectivity index (χ0v) is 12.7. The maximum absolute atomic E-state index is 10.4. The van der Waals surface area contributed by atoms with E-state index < -0.39 is 6.10 Å². The lowest BCUT2D eigenvalue weighted by atomic mass is 9.99. The lowest BCUT2D eigenvalue weighted by Crippen LogP contribution is -2.22. The molecule has 0 saturated heterocycles. The van der Waals surface area contributed by atoms with E-state index in [1.165, 1.54) is 12.8 Å². The number of unbranched alkanes of at least 4 members (excludes halogenated alkanes) is 1. The molecule has 0 saturated carbocycles. The highest BCUT2D eigenvalue weighted by molar-refractivity contribution is 5.79. The van der Waals surface area contributed by atoms with Crippen LogP contribution in [0.4, 0.5) is 0 Å². The van der Waals surface area contributed by atoms with E-state index in [0.29, 0.717) is 0 Å². The van der Waals surface area contributed by atoms with E-state index in [0.717, 1.165) is 41.5 Å². The van der Waals surface area contributed by atoms with Gasteiger partial charge < -0.3 is 10.0 Å². The van der Waals surface area contributed by atoms with Crippen LogP contribution in [0, 0.1) is 6.92 Å². The molecule has 0 spiro atoms. The Morgan fingerprint density at radius 1 is 1.35 bits per heavy atom. The summed E-state index contributed by atoms with van der Waals surface area (Å²) in [4.78, 5) is 2.29. The summed E-state index contributed by atoms with van der Waals surface area (Å²) in [6, 6.07) is 4.10. The van der Waals surface area contributed by atoms with Crippen molar-refractivity contribution in [1.82, 2.24) is 15.1 Å². The molecule has 2 aromatic rings. The SMILES string of the molecule is CCCCN(C)CCC(O)c1cc2cn[nH]c2cc1C. The highest BCUT2D eigenvalue weighted by Gasteiger charge is 2.13. The number of H-pyrrole nitrogens is 1. The Bertz CT molecular complexity index is 550. The predicted octanol–water partition coefficient (Wildman–Crippen LogP) is 3.03. The molecule has 1 aromatic heterocycles. The molecule has 0 aliphatic rings. The molecule has 1 heterocycles. The van der Waals surface area contributed by atoms with Gasteiger partial charge in [0.15, 0.2) is 0 Å². The van der Waals surface area contributed by atoms with Crippen molar-refractivity contribution in [3.63, 3.8) is 0 Å². The summed E-state index contributed by atoms with van der Waals surface area (Å²) >= 11 is 0. The topological polar surface area (TPSA) is 52.1 Å². The Balaban J connectivity index is 1.99. The van der Waals surface area contributed by atoms with Crippen LogP contribution in [0.25, 0.3) is 10.9 Å². The van der Waals surface area contributed by atoms with Crippen molar-refractivity contribution in [1.29, 1.82) is 0 Å². The standard InChI is InChI=1S/C16H25N3O/c1-4-5-7-19(3)8-6-16(20)14-10-13-11-17-18-15(13)9-12(14)2/h9-11,16,20H,4-8H2,1-3H3,(H,17,18). The number of rotatable bonds is 7. The Morgan fingerprint density at radius 3 is 2.90 bits per heavy atom. The van der Waals surface area contributed by atoms with Crippen LogP contribution in [0.5, 0.6) is 0 Å². The molecule has 1 aromatic carbocycles. The molecule has 110 valence electrons. The molecule has 0 bridgehead atoms. The minimum atomic E-state index is -0.404. The van der Waals surface area contributed by atoms with E-state index in [9.17, 15) is 5.11 Å². The number of benzene rings is 1. The van der Waals surface area contributed by atoms with Gasteiger partial charge in [0.1, 0.15) is 0 Å². The summed E-state index contributed by atoms with van der Waals surface area (Å²) in [6.07, 6.45) is 4.59. The first-order valence-electron chi connectivity index (χ1n) is 7.42. The second-order valence-electron chi connectivity index (χ2n) is 5.63. The first kappa shape index (κ1) is 15.0. The van der Waals surface area contributed by atoms with Gasteiger partial charge >= 0.3 is 0 Å². The molecule has 1 unspecified atom stereocenters. The molecule has 20 heavy (non-hydrogen) atoms. The van der Waals surface area contributed by atoms with Crippen LogP contribution >= 0.6 is 0 Å². The van der Waals surface area contributed by atoms with Gasteiger partial charge in [0, 0.05) is 11.9 Å². The van der Waals surface area contributed by atoms with Crippen LogP contribution in [0.1, 0.15) is 43.4 Å². The number of hydrogen-bond donors (Lipinski definition) is 2. The Hall–Kier alpha value is -1.39. The van der Waals surface area contributed by atoms with Crippen LogP contribution < -0.4 is 0 Å². The molecule has 4 heteroatoms. The zero-order valence-electron chi connectivity index (χ0n) is 12.7. The molecule has 0 fully saturated rings. The largest absolute Gasteiger partial charge is 0.388 e. The van der Waals surface area contributed by atoms with E-state index >= 15 is 0 Å². The van der Waals surface area contributed by atoms with Crippen LogP contribution in [0.2, 0.25) is 0 Å². The van der Waals surface area contributed by atoms with E-state index in [1.807, 2.05) is 13.0 Å². The fraction of sp³-hybridized carbons (Fsp3) is 0.562. The third kappa shape index (κ3) is 3.58. The van der Waals surface area contributed by atoms with E-state index in [-0.39, 0.29) is 0 Å². The van der Waals surface area contributed by atoms with Crippen molar-refractivity contribution in [3.05, 3.63) is 29.5 Å². The van der Waals surface area contributed by atoms with Crippen LogP contribution in [0.3, 0.4) is 0 Å². The highest BCUT2D eigenvalue weighted by Crippen LogP contribution is 2.25. The van der Waals surface area contributed by atoms with Crippen LogP contribution in [0.15, 0.2) is 18.3 Å². The third-order valence-electron chi connectivity index (χ3n) is 3.86. The summed E-state index contributed by atoms with van der Waals surface area (Å²) in [5.74, 6) is 0. The maximum Gasteiger partial charge on any atom is 0.0805 e. The summed E-state index contributed by atoms with van der Waals surface area (Å²) in [5, 5.41) is 18.5. The number of nitrogens with zero attached hydrogens (tertiary/aromatic N) is 2. The van der Waals surface area contributed by atoms with Crippen molar-refractivity contribution in [2.75, 3.05) is 20.1 Å². The summed E-state index contributed by atoms with van der Waals surface area (Å²) in [7, 11) is 2.12. The predicted molar refractivity (Wildman–Crippen MR) is 82.8 cm³/mol. The Morgan fingerprint density at radius 2 is 2.15 bits per heavy atom. The number of fused-ring (bicyclic) bond motifs is 1. The van der Waals surface area contributed by atoms with Gasteiger partial charge in [0.25, 0.3) is 0 Å². The van der Waals surface area contributed by atoms with Crippen molar-refractivity contribution in [2.24, 2.45) is 0 Å². The lowest BCUT2D eigenvalue weighted by molar-refractivity contribution is 0.148. The van der Waals surface area contributed by atoms with Gasteiger partial charge in [-0.3, -0.25) is 5.10 Å². The maximum atomic E-state index is 10.4. The fourth-order valence-corrected chi connectivity index (χ4v) is 2.51. The fourth-order valence-electron chi connectivity index (χ4n) is 2.51. The number of aliphatic hydroxyl groups is 1. The van der Waals surface area contributed by atoms with Crippen LogP contribution in [-0.4, -0.2) is 40.3 Å². The Labute approximate surface area is 120 Å². The highest BCUT2D eigenvalue weighted by atomic mass is 16.3. The van der Waals surface area contributed by atoms with E-state index in [2.05, 4.69) is 35.1 Å². The van der Waals surface area contributed by atoms with Gasteiger partial charge in [-0.1, -0.05) is 13.3 Å².